The fourth-order valence-corrected chi connectivity index (χ4v) is 2.70. The molecule has 2 heterocycles. The van der Waals surface area contributed by atoms with Crippen LogP contribution in [0.2, 0.25) is 0 Å². The van der Waals surface area contributed by atoms with Crippen molar-refractivity contribution in [3.05, 3.63) is 47.8 Å². The monoisotopic (exact) mass is 300 g/mol. The zero-order chi connectivity index (χ0) is 15.4. The summed E-state index contributed by atoms with van der Waals surface area (Å²) in [5.74, 6) is 0. The zero-order valence-electron chi connectivity index (χ0n) is 11.7. The molecule has 5 nitrogen and oxygen atoms in total. The average Bonchev–Trinajstić information content (AvgIpc) is 2.90. The lowest BCUT2D eigenvalue weighted by atomic mass is 10.2. The van der Waals surface area contributed by atoms with Gasteiger partial charge in [0.1, 0.15) is 5.01 Å². The number of urea groups is 1. The lowest BCUT2D eigenvalue weighted by Crippen LogP contribution is -2.31. The first-order valence-electron chi connectivity index (χ1n) is 6.25. The number of amides is 2. The van der Waals surface area contributed by atoms with E-state index < -0.39 is 6.03 Å². The fraction of sp³-hybridized carbons (Fsp3) is 0.133. The Morgan fingerprint density at radius 2 is 2.19 bits per heavy atom. The number of nitrogens with zero attached hydrogens (tertiary/aromatic N) is 3. The van der Waals surface area contributed by atoms with Crippen LogP contribution in [0.3, 0.4) is 0 Å². The number of rotatable bonds is 5. The molecule has 108 valence electrons. The molecule has 0 aromatic carbocycles. The second-order valence-electron chi connectivity index (χ2n) is 4.45. The van der Waals surface area contributed by atoms with Crippen LogP contribution in [0.25, 0.3) is 22.7 Å². The van der Waals surface area contributed by atoms with E-state index in [2.05, 4.69) is 23.1 Å². The van der Waals surface area contributed by atoms with Gasteiger partial charge in [0.2, 0.25) is 0 Å². The summed E-state index contributed by atoms with van der Waals surface area (Å²) < 4.78 is 0. The van der Waals surface area contributed by atoms with E-state index in [1.807, 2.05) is 6.07 Å². The van der Waals surface area contributed by atoms with Crippen LogP contribution < -0.4 is 5.73 Å². The number of carbonyl (C=O) groups is 1. The van der Waals surface area contributed by atoms with E-state index in [0.29, 0.717) is 6.54 Å². The second-order valence-corrected chi connectivity index (χ2v) is 5.48. The first-order valence-corrected chi connectivity index (χ1v) is 7.07. The highest BCUT2D eigenvalue weighted by molar-refractivity contribution is 7.16. The summed E-state index contributed by atoms with van der Waals surface area (Å²) in [7, 11) is 1.64. The summed E-state index contributed by atoms with van der Waals surface area (Å²) in [6.45, 7) is 7.92. The highest BCUT2D eigenvalue weighted by Gasteiger charge is 2.10. The number of pyridine rings is 1. The summed E-state index contributed by atoms with van der Waals surface area (Å²) >= 11 is 1.53. The third-order valence-electron chi connectivity index (χ3n) is 2.90. The first-order chi connectivity index (χ1) is 10.0. The van der Waals surface area contributed by atoms with Crippen LogP contribution in [0.1, 0.15) is 16.1 Å². The van der Waals surface area contributed by atoms with Gasteiger partial charge in [0.05, 0.1) is 10.6 Å². The topological polar surface area (TPSA) is 72.1 Å². The Bertz CT molecular complexity index is 667. The predicted octanol–water partition coefficient (Wildman–Crippen LogP) is 3.00. The molecule has 2 aromatic rings. The van der Waals surface area contributed by atoms with E-state index in [1.54, 1.807) is 31.6 Å². The quantitative estimate of drug-likeness (QED) is 0.922. The molecule has 0 spiro atoms. The van der Waals surface area contributed by atoms with E-state index >= 15 is 0 Å². The molecule has 0 fully saturated rings. The molecule has 0 saturated heterocycles. The number of carbonyl (C=O) groups excluding carboxylic acids is 1. The molecule has 21 heavy (non-hydrogen) atoms. The smallest absolute Gasteiger partial charge is 0.314 e. The minimum Gasteiger partial charge on any atom is -0.351 e. The van der Waals surface area contributed by atoms with Gasteiger partial charge in [0.15, 0.2) is 0 Å². The fourth-order valence-electron chi connectivity index (χ4n) is 1.80. The number of primary amides is 1. The SMILES string of the molecule is C=Cc1nc(-c2cncc(CN(C)C(N)=O)c2)sc1C=C. The van der Waals surface area contributed by atoms with Crippen molar-refractivity contribution >= 4 is 29.5 Å². The van der Waals surface area contributed by atoms with Crippen molar-refractivity contribution in [2.24, 2.45) is 5.73 Å². The molecule has 0 aliphatic carbocycles. The molecule has 6 heteroatoms. The summed E-state index contributed by atoms with van der Waals surface area (Å²) in [4.78, 5) is 22.2. The van der Waals surface area contributed by atoms with Gasteiger partial charge >= 0.3 is 6.03 Å². The number of hydrogen-bond acceptors (Lipinski definition) is 4. The molecule has 2 amide bonds. The average molecular weight is 300 g/mol. The Morgan fingerprint density at radius 1 is 1.43 bits per heavy atom. The molecule has 0 aliphatic rings. The third kappa shape index (κ3) is 3.35. The summed E-state index contributed by atoms with van der Waals surface area (Å²) in [6, 6.07) is 1.47. The number of nitrogens with two attached hydrogens (primary N) is 1. The molecule has 2 rings (SSSR count). The maximum absolute atomic E-state index is 11.1. The lowest BCUT2D eigenvalue weighted by molar-refractivity contribution is 0.216. The second kappa shape index (κ2) is 6.32. The highest BCUT2D eigenvalue weighted by atomic mass is 32.1. The largest absolute Gasteiger partial charge is 0.351 e. The van der Waals surface area contributed by atoms with Crippen LogP contribution in [0, 0.1) is 0 Å². The van der Waals surface area contributed by atoms with Gasteiger partial charge < -0.3 is 10.6 Å². The molecule has 0 bridgehead atoms. The van der Waals surface area contributed by atoms with Crippen LogP contribution in [-0.2, 0) is 6.54 Å². The zero-order valence-corrected chi connectivity index (χ0v) is 12.6. The van der Waals surface area contributed by atoms with Crippen molar-refractivity contribution in [2.75, 3.05) is 7.05 Å². The van der Waals surface area contributed by atoms with E-state index in [0.717, 1.165) is 26.7 Å². The van der Waals surface area contributed by atoms with Gasteiger partial charge in [-0.2, -0.15) is 0 Å². The Morgan fingerprint density at radius 3 is 2.76 bits per heavy atom. The standard InChI is InChI=1S/C15H16N4OS/c1-4-12-13(5-2)21-14(18-12)11-6-10(7-17-8-11)9-19(3)15(16)20/h4-8H,1-2,9H2,3H3,(H2,16,20). The Kier molecular flexibility index (Phi) is 4.49. The molecule has 2 aromatic heterocycles. The minimum absolute atomic E-state index is 0.407. The van der Waals surface area contributed by atoms with Crippen molar-refractivity contribution in [3.63, 3.8) is 0 Å². The lowest BCUT2D eigenvalue weighted by Gasteiger charge is -2.13. The van der Waals surface area contributed by atoms with Crippen molar-refractivity contribution in [1.29, 1.82) is 0 Å². The maximum Gasteiger partial charge on any atom is 0.314 e. The Labute approximate surface area is 127 Å². The number of hydrogen-bond donors (Lipinski definition) is 1. The highest BCUT2D eigenvalue weighted by Crippen LogP contribution is 2.29. The predicted molar refractivity (Wildman–Crippen MR) is 86.6 cm³/mol. The third-order valence-corrected chi connectivity index (χ3v) is 4.01. The van der Waals surface area contributed by atoms with Crippen LogP contribution >= 0.6 is 11.3 Å². The summed E-state index contributed by atoms with van der Waals surface area (Å²) in [5.41, 5.74) is 7.82. The number of thiazole rings is 1. The van der Waals surface area contributed by atoms with Gasteiger partial charge in [-0.05, 0) is 23.8 Å². The molecule has 2 N–H and O–H groups in total. The molecule has 0 aliphatic heterocycles. The van der Waals surface area contributed by atoms with Crippen LogP contribution in [-0.4, -0.2) is 27.9 Å². The number of aromatic nitrogens is 2. The first kappa shape index (κ1) is 14.9. The van der Waals surface area contributed by atoms with Crippen LogP contribution in [0.4, 0.5) is 4.79 Å². The van der Waals surface area contributed by atoms with E-state index in [1.165, 1.54) is 16.2 Å². The van der Waals surface area contributed by atoms with Crippen molar-refractivity contribution in [3.8, 4) is 10.6 Å². The van der Waals surface area contributed by atoms with Gasteiger partial charge in [0, 0.05) is 31.5 Å². The molecule has 0 saturated carbocycles. The van der Waals surface area contributed by atoms with Crippen LogP contribution in [0.15, 0.2) is 31.6 Å². The molecule has 0 atom stereocenters. The van der Waals surface area contributed by atoms with Gasteiger partial charge in [0.25, 0.3) is 0 Å². The molecule has 0 unspecified atom stereocenters. The summed E-state index contributed by atoms with van der Waals surface area (Å²) in [6.07, 6.45) is 6.91. The van der Waals surface area contributed by atoms with E-state index in [-0.39, 0.29) is 0 Å². The van der Waals surface area contributed by atoms with Gasteiger partial charge in [-0.15, -0.1) is 11.3 Å². The van der Waals surface area contributed by atoms with Crippen molar-refractivity contribution in [2.45, 2.75) is 6.54 Å². The maximum atomic E-state index is 11.1. The summed E-state index contributed by atoms with van der Waals surface area (Å²) in [5, 5.41) is 0.843. The van der Waals surface area contributed by atoms with Crippen LogP contribution in [0.5, 0.6) is 0 Å². The van der Waals surface area contributed by atoms with E-state index in [4.69, 9.17) is 5.73 Å². The van der Waals surface area contributed by atoms with Gasteiger partial charge in [-0.25, -0.2) is 9.78 Å². The Hall–Kier alpha value is -2.47. The van der Waals surface area contributed by atoms with Crippen molar-refractivity contribution < 1.29 is 4.79 Å². The van der Waals surface area contributed by atoms with Gasteiger partial charge in [-0.3, -0.25) is 4.98 Å². The molecular formula is C15H16N4OS. The normalized spacial score (nSPS) is 10.1. The van der Waals surface area contributed by atoms with E-state index in [9.17, 15) is 4.79 Å². The minimum atomic E-state index is -0.475. The van der Waals surface area contributed by atoms with Crippen molar-refractivity contribution in [1.82, 2.24) is 14.9 Å². The molecular weight excluding hydrogens is 284 g/mol. The molecule has 0 radical (unpaired) electrons. The van der Waals surface area contributed by atoms with Gasteiger partial charge in [-0.1, -0.05) is 13.2 Å². The Balaban J connectivity index is 2.32.